The van der Waals surface area contributed by atoms with Gasteiger partial charge < -0.3 is 5.32 Å². The number of hydrogen-bond donors (Lipinski definition) is 1. The fourth-order valence-electron chi connectivity index (χ4n) is 2.95. The molecule has 0 aromatic heterocycles. The average Bonchev–Trinajstić information content (AvgIpc) is 2.50. The van der Waals surface area contributed by atoms with Crippen molar-refractivity contribution in [3.8, 4) is 0 Å². The molecule has 0 radical (unpaired) electrons. The number of unbranched alkanes of at least 4 members (excludes halogenated alkanes) is 1. The second kappa shape index (κ2) is 7.96. The fourth-order valence-corrected chi connectivity index (χ4v) is 2.95. The molecular weight excluding hydrogens is 282 g/mol. The molecular formula is C21H27NO. The van der Waals surface area contributed by atoms with Gasteiger partial charge in [0.05, 0.1) is 6.42 Å². The first-order valence-electron chi connectivity index (χ1n) is 8.45. The topological polar surface area (TPSA) is 29.1 Å². The number of rotatable bonds is 6. The van der Waals surface area contributed by atoms with Gasteiger partial charge in [-0.25, -0.2) is 0 Å². The minimum absolute atomic E-state index is 0.0429. The zero-order valence-electron chi connectivity index (χ0n) is 14.7. The van der Waals surface area contributed by atoms with Crippen LogP contribution in [0.1, 0.15) is 47.6 Å². The summed E-state index contributed by atoms with van der Waals surface area (Å²) in [5.74, 6) is 0.0429. The summed E-state index contributed by atoms with van der Waals surface area (Å²) in [6.07, 6.45) is 3.96. The van der Waals surface area contributed by atoms with Crippen molar-refractivity contribution in [2.75, 3.05) is 5.32 Å². The maximum atomic E-state index is 12.3. The van der Waals surface area contributed by atoms with Gasteiger partial charge in [0, 0.05) is 5.69 Å². The van der Waals surface area contributed by atoms with E-state index in [4.69, 9.17) is 0 Å². The molecule has 1 N–H and O–H groups in total. The summed E-state index contributed by atoms with van der Waals surface area (Å²) in [5.41, 5.74) is 6.81. The molecule has 0 aliphatic heterocycles. The van der Waals surface area contributed by atoms with E-state index in [1.54, 1.807) is 0 Å². The van der Waals surface area contributed by atoms with E-state index in [2.05, 4.69) is 55.6 Å². The summed E-state index contributed by atoms with van der Waals surface area (Å²) >= 11 is 0. The molecule has 0 aliphatic rings. The lowest BCUT2D eigenvalue weighted by molar-refractivity contribution is -0.115. The molecule has 2 rings (SSSR count). The average molecular weight is 309 g/mol. The molecule has 0 saturated heterocycles. The quantitative estimate of drug-likeness (QED) is 0.787. The monoisotopic (exact) mass is 309 g/mol. The highest BCUT2D eigenvalue weighted by Crippen LogP contribution is 2.22. The number of nitrogens with one attached hydrogen (secondary N) is 1. The lowest BCUT2D eigenvalue weighted by Crippen LogP contribution is -2.16. The van der Waals surface area contributed by atoms with Crippen LogP contribution >= 0.6 is 0 Å². The van der Waals surface area contributed by atoms with Gasteiger partial charge >= 0.3 is 0 Å². The summed E-state index contributed by atoms with van der Waals surface area (Å²) in [6, 6.07) is 12.6. The van der Waals surface area contributed by atoms with E-state index in [0.29, 0.717) is 6.42 Å². The van der Waals surface area contributed by atoms with Crippen LogP contribution < -0.4 is 5.32 Å². The molecule has 2 aromatic rings. The molecule has 0 aliphatic carbocycles. The SMILES string of the molecule is CCCCc1ccc(CC(=O)Nc2c(C)cc(C)cc2C)cc1. The summed E-state index contributed by atoms with van der Waals surface area (Å²) < 4.78 is 0. The van der Waals surface area contributed by atoms with Gasteiger partial charge in [-0.15, -0.1) is 0 Å². The Hall–Kier alpha value is -2.09. The van der Waals surface area contributed by atoms with Gasteiger partial charge in [-0.2, -0.15) is 0 Å². The molecule has 2 nitrogen and oxygen atoms in total. The van der Waals surface area contributed by atoms with E-state index in [0.717, 1.165) is 28.8 Å². The van der Waals surface area contributed by atoms with Crippen LogP contribution in [0.25, 0.3) is 0 Å². The van der Waals surface area contributed by atoms with Crippen molar-refractivity contribution in [3.05, 3.63) is 64.2 Å². The van der Waals surface area contributed by atoms with Crippen molar-refractivity contribution in [2.24, 2.45) is 0 Å². The Balaban J connectivity index is 2.00. The third-order valence-corrected chi connectivity index (χ3v) is 4.15. The predicted octanol–water partition coefficient (Wildman–Crippen LogP) is 5.14. The van der Waals surface area contributed by atoms with Crippen molar-refractivity contribution < 1.29 is 4.79 Å². The molecule has 2 aromatic carbocycles. The second-order valence-electron chi connectivity index (χ2n) is 6.42. The van der Waals surface area contributed by atoms with E-state index < -0.39 is 0 Å². The number of amides is 1. The lowest BCUT2D eigenvalue weighted by atomic mass is 10.0. The molecule has 1 amide bonds. The molecule has 0 heterocycles. The van der Waals surface area contributed by atoms with Gasteiger partial charge in [-0.3, -0.25) is 4.79 Å². The van der Waals surface area contributed by atoms with E-state index in [1.165, 1.54) is 24.0 Å². The third kappa shape index (κ3) is 4.95. The van der Waals surface area contributed by atoms with Crippen LogP contribution in [-0.2, 0) is 17.6 Å². The van der Waals surface area contributed by atoms with E-state index in [9.17, 15) is 4.79 Å². The van der Waals surface area contributed by atoms with Gasteiger partial charge in [0.2, 0.25) is 5.91 Å². The van der Waals surface area contributed by atoms with Gasteiger partial charge in [-0.05, 0) is 55.9 Å². The molecule has 2 heteroatoms. The highest BCUT2D eigenvalue weighted by atomic mass is 16.1. The Morgan fingerprint density at radius 3 is 2.09 bits per heavy atom. The van der Waals surface area contributed by atoms with E-state index in [1.807, 2.05) is 13.8 Å². The predicted molar refractivity (Wildman–Crippen MR) is 98.0 cm³/mol. The van der Waals surface area contributed by atoms with Crippen LogP contribution in [0, 0.1) is 20.8 Å². The standard InChI is InChI=1S/C21H27NO/c1-5-6-7-18-8-10-19(11-9-18)14-20(23)22-21-16(3)12-15(2)13-17(21)4/h8-13H,5-7,14H2,1-4H3,(H,22,23). The van der Waals surface area contributed by atoms with Crippen LogP contribution in [0.5, 0.6) is 0 Å². The summed E-state index contributed by atoms with van der Waals surface area (Å²) in [4.78, 5) is 12.3. The Labute approximate surface area is 139 Å². The van der Waals surface area contributed by atoms with Gasteiger partial charge in [0.1, 0.15) is 0 Å². The van der Waals surface area contributed by atoms with Crippen LogP contribution in [0.4, 0.5) is 5.69 Å². The normalized spacial score (nSPS) is 10.6. The van der Waals surface area contributed by atoms with Crippen LogP contribution in [-0.4, -0.2) is 5.91 Å². The van der Waals surface area contributed by atoms with Crippen molar-refractivity contribution in [2.45, 2.75) is 53.4 Å². The zero-order chi connectivity index (χ0) is 16.8. The Kier molecular flexibility index (Phi) is 5.97. The van der Waals surface area contributed by atoms with Crippen molar-refractivity contribution in [1.82, 2.24) is 0 Å². The molecule has 0 saturated carbocycles. The molecule has 23 heavy (non-hydrogen) atoms. The third-order valence-electron chi connectivity index (χ3n) is 4.15. The summed E-state index contributed by atoms with van der Waals surface area (Å²) in [5, 5.41) is 3.06. The first-order chi connectivity index (χ1) is 11.0. The van der Waals surface area contributed by atoms with Gasteiger partial charge in [0.25, 0.3) is 0 Å². The smallest absolute Gasteiger partial charge is 0.228 e. The Morgan fingerprint density at radius 2 is 1.52 bits per heavy atom. The largest absolute Gasteiger partial charge is 0.325 e. The molecule has 0 unspecified atom stereocenters. The number of anilines is 1. The summed E-state index contributed by atoms with van der Waals surface area (Å²) in [6.45, 7) is 8.36. The van der Waals surface area contributed by atoms with Crippen LogP contribution in [0.15, 0.2) is 36.4 Å². The van der Waals surface area contributed by atoms with Gasteiger partial charge in [-0.1, -0.05) is 55.3 Å². The molecule has 0 fully saturated rings. The first-order valence-corrected chi connectivity index (χ1v) is 8.45. The Bertz CT molecular complexity index is 648. The minimum Gasteiger partial charge on any atom is -0.325 e. The molecule has 0 bridgehead atoms. The Morgan fingerprint density at radius 1 is 0.957 bits per heavy atom. The minimum atomic E-state index is 0.0429. The fraction of sp³-hybridized carbons (Fsp3) is 0.381. The van der Waals surface area contributed by atoms with Crippen molar-refractivity contribution in [3.63, 3.8) is 0 Å². The van der Waals surface area contributed by atoms with Crippen LogP contribution in [0.3, 0.4) is 0 Å². The van der Waals surface area contributed by atoms with Crippen molar-refractivity contribution in [1.29, 1.82) is 0 Å². The highest BCUT2D eigenvalue weighted by Gasteiger charge is 2.09. The molecule has 0 atom stereocenters. The first kappa shape index (κ1) is 17.3. The maximum Gasteiger partial charge on any atom is 0.228 e. The second-order valence-corrected chi connectivity index (χ2v) is 6.42. The van der Waals surface area contributed by atoms with Crippen LogP contribution in [0.2, 0.25) is 0 Å². The molecule has 122 valence electrons. The number of hydrogen-bond acceptors (Lipinski definition) is 1. The number of carbonyl (C=O) groups is 1. The van der Waals surface area contributed by atoms with Gasteiger partial charge in [0.15, 0.2) is 0 Å². The lowest BCUT2D eigenvalue weighted by Gasteiger charge is -2.13. The van der Waals surface area contributed by atoms with E-state index >= 15 is 0 Å². The zero-order valence-corrected chi connectivity index (χ0v) is 14.7. The summed E-state index contributed by atoms with van der Waals surface area (Å²) in [7, 11) is 0. The number of carbonyl (C=O) groups excluding carboxylic acids is 1. The molecule has 0 spiro atoms. The number of aryl methyl sites for hydroxylation is 4. The number of benzene rings is 2. The maximum absolute atomic E-state index is 12.3. The van der Waals surface area contributed by atoms with E-state index in [-0.39, 0.29) is 5.91 Å². The van der Waals surface area contributed by atoms with Crippen molar-refractivity contribution >= 4 is 11.6 Å². The highest BCUT2D eigenvalue weighted by molar-refractivity contribution is 5.93.